The van der Waals surface area contributed by atoms with Gasteiger partial charge in [-0.2, -0.15) is 0 Å². The second-order valence-corrected chi connectivity index (χ2v) is 12.6. The van der Waals surface area contributed by atoms with E-state index in [1.165, 1.54) is 57.8 Å². The molecule has 1 saturated carbocycles. The molecule has 4 aliphatic rings. The molecular weight excluding hydrogens is 532 g/mol. The predicted molar refractivity (Wildman–Crippen MR) is 158 cm³/mol. The van der Waals surface area contributed by atoms with Crippen LogP contribution in [0.5, 0.6) is 0 Å². The zero-order valence-corrected chi connectivity index (χ0v) is 24.4. The Morgan fingerprint density at radius 3 is 2.48 bits per heavy atom. The number of methoxy groups -OCH3 is 1. The minimum atomic E-state index is -0.486. The third-order valence-corrected chi connectivity index (χ3v) is 10.0. The molecule has 2 aromatic heterocycles. The molecule has 3 aliphatic heterocycles. The number of H-pyrrole nitrogens is 1. The Morgan fingerprint density at radius 2 is 1.79 bits per heavy atom. The summed E-state index contributed by atoms with van der Waals surface area (Å²) in [7, 11) is 1.58. The van der Waals surface area contributed by atoms with Gasteiger partial charge in [0.15, 0.2) is 12.0 Å². The van der Waals surface area contributed by atoms with Crippen LogP contribution in [0.1, 0.15) is 92.9 Å². The number of aromatic nitrogens is 4. The Balaban J connectivity index is 1.17. The molecule has 4 fully saturated rings. The topological polar surface area (TPSA) is 118 Å². The Labute approximate surface area is 246 Å². The molecule has 10 heteroatoms. The van der Waals surface area contributed by atoms with E-state index in [4.69, 9.17) is 9.47 Å². The first-order valence-corrected chi connectivity index (χ1v) is 15.9. The minimum Gasteiger partial charge on any atom is -0.353 e. The quantitative estimate of drug-likeness (QED) is 0.389. The number of nitrogens with one attached hydrogen (secondary N) is 2. The molecule has 6 atom stereocenters. The third kappa shape index (κ3) is 5.40. The molecular formula is C32H42N6O4. The van der Waals surface area contributed by atoms with Gasteiger partial charge in [0.05, 0.1) is 29.1 Å². The van der Waals surface area contributed by atoms with Crippen LogP contribution in [0.2, 0.25) is 0 Å². The maximum Gasteiger partial charge on any atom is 0.282 e. The van der Waals surface area contributed by atoms with E-state index in [9.17, 15) is 9.59 Å². The van der Waals surface area contributed by atoms with Crippen LogP contribution in [0, 0.1) is 0 Å². The fourth-order valence-electron chi connectivity index (χ4n) is 8.09. The van der Waals surface area contributed by atoms with Gasteiger partial charge in [-0.05, 0) is 50.7 Å². The largest absolute Gasteiger partial charge is 0.353 e. The number of rotatable bonds is 8. The van der Waals surface area contributed by atoms with Crippen molar-refractivity contribution < 1.29 is 14.3 Å². The molecule has 7 rings (SSSR count). The van der Waals surface area contributed by atoms with Gasteiger partial charge in [-0.15, -0.1) is 0 Å². The van der Waals surface area contributed by atoms with Crippen molar-refractivity contribution in [2.24, 2.45) is 0 Å². The molecule has 1 amide bonds. The van der Waals surface area contributed by atoms with Crippen LogP contribution in [-0.2, 0) is 15.9 Å². The number of ether oxygens (including phenoxy) is 2. The summed E-state index contributed by atoms with van der Waals surface area (Å²) in [5.74, 6) is -0.486. The van der Waals surface area contributed by atoms with Crippen molar-refractivity contribution in [3.05, 3.63) is 58.5 Å². The molecule has 3 unspecified atom stereocenters. The molecule has 3 aromatic rings. The van der Waals surface area contributed by atoms with Crippen LogP contribution in [0.3, 0.4) is 0 Å². The van der Waals surface area contributed by atoms with Crippen LogP contribution in [0.4, 0.5) is 0 Å². The average molecular weight is 575 g/mol. The second-order valence-electron chi connectivity index (χ2n) is 12.6. The highest BCUT2D eigenvalue weighted by Crippen LogP contribution is 2.44. The summed E-state index contributed by atoms with van der Waals surface area (Å²) in [6.45, 7) is 0. The first-order valence-electron chi connectivity index (χ1n) is 15.9. The van der Waals surface area contributed by atoms with E-state index in [1.54, 1.807) is 19.6 Å². The number of fused-ring (bicyclic) bond motifs is 3. The highest BCUT2D eigenvalue weighted by atomic mass is 16.8. The van der Waals surface area contributed by atoms with E-state index in [0.717, 1.165) is 24.1 Å². The van der Waals surface area contributed by atoms with Crippen LogP contribution >= 0.6 is 0 Å². The number of imidazole rings is 1. The fourth-order valence-corrected chi connectivity index (χ4v) is 8.09. The number of carbonyl (C=O) groups is 1. The van der Waals surface area contributed by atoms with Gasteiger partial charge in [0.25, 0.3) is 11.5 Å². The van der Waals surface area contributed by atoms with Crippen molar-refractivity contribution >= 4 is 16.9 Å². The lowest BCUT2D eigenvalue weighted by molar-refractivity contribution is 0.0497. The lowest BCUT2D eigenvalue weighted by Gasteiger charge is -2.45. The monoisotopic (exact) mass is 574 g/mol. The maximum absolute atomic E-state index is 14.2. The van der Waals surface area contributed by atoms with Gasteiger partial charge < -0.3 is 24.3 Å². The van der Waals surface area contributed by atoms with Crippen molar-refractivity contribution in [1.82, 2.24) is 29.7 Å². The summed E-state index contributed by atoms with van der Waals surface area (Å²) < 4.78 is 12.9. The number of hydrogen-bond donors (Lipinski definition) is 2. The Morgan fingerprint density at radius 1 is 1.05 bits per heavy atom. The van der Waals surface area contributed by atoms with Gasteiger partial charge >= 0.3 is 0 Å². The number of benzene rings is 1. The van der Waals surface area contributed by atoms with E-state index in [2.05, 4.69) is 25.2 Å². The van der Waals surface area contributed by atoms with Crippen molar-refractivity contribution in [2.75, 3.05) is 7.11 Å². The molecule has 1 aliphatic carbocycles. The fraction of sp³-hybridized carbons (Fsp3) is 0.625. The van der Waals surface area contributed by atoms with Crippen molar-refractivity contribution in [3.8, 4) is 0 Å². The zero-order valence-electron chi connectivity index (χ0n) is 24.4. The van der Waals surface area contributed by atoms with Crippen molar-refractivity contribution in [2.45, 2.75) is 120 Å². The van der Waals surface area contributed by atoms with Crippen LogP contribution in [0.15, 0.2) is 41.6 Å². The normalized spacial score (nSPS) is 29.2. The molecule has 10 nitrogen and oxygen atoms in total. The van der Waals surface area contributed by atoms with E-state index in [1.807, 2.05) is 28.8 Å². The average Bonchev–Trinajstić information content (AvgIpc) is 3.51. The van der Waals surface area contributed by atoms with Crippen molar-refractivity contribution in [1.29, 1.82) is 0 Å². The summed E-state index contributed by atoms with van der Waals surface area (Å²) in [5, 5.41) is 3.04. The molecule has 0 spiro atoms. The highest BCUT2D eigenvalue weighted by molar-refractivity contribution is 5.94. The minimum absolute atomic E-state index is 0.0451. The van der Waals surface area contributed by atoms with Crippen LogP contribution < -0.4 is 10.9 Å². The van der Waals surface area contributed by atoms with Gasteiger partial charge in [0, 0.05) is 43.9 Å². The number of hydrogen-bond acceptors (Lipinski definition) is 7. The molecule has 2 N–H and O–H groups in total. The SMILES string of the molecule is COC1OC1C(Cc1c[nH]cn1)NC(=O)c1nc2ccccc2n([C@H]2C[C@H]3CC[C@@H](C2)N3C2CCCCCCC2)c1=O. The molecule has 0 radical (unpaired) electrons. The number of epoxide rings is 1. The molecule has 2 bridgehead atoms. The number of para-hydroxylation sites is 2. The molecule has 5 heterocycles. The summed E-state index contributed by atoms with van der Waals surface area (Å²) in [6.07, 6.45) is 16.7. The number of carbonyl (C=O) groups excluding carboxylic acids is 1. The number of aromatic amines is 1. The molecule has 1 aromatic carbocycles. The van der Waals surface area contributed by atoms with Crippen LogP contribution in [-0.4, -0.2) is 74.0 Å². The number of amides is 1. The van der Waals surface area contributed by atoms with Crippen molar-refractivity contribution in [3.63, 3.8) is 0 Å². The standard InChI is InChI=1S/C32H42N6O4/c1-41-32-29(42-32)26(15-20-18-33-19-34-20)36-30(39)28-31(40)38(27-12-8-7-11-25(27)35-28)24-16-22-13-14-23(17-24)37(22)21-9-5-3-2-4-6-10-21/h7-8,11-12,18-19,21-24,26,29,32H,2-6,9-10,13-17H2,1H3,(H,33,34)(H,36,39)/t22-,23+,24+,26?,29?,32?. The lowest BCUT2D eigenvalue weighted by atomic mass is 9.89. The maximum atomic E-state index is 14.2. The van der Waals surface area contributed by atoms with Gasteiger partial charge in [-0.3, -0.25) is 14.5 Å². The Hall–Kier alpha value is -3.08. The Bertz CT molecular complexity index is 1430. The predicted octanol–water partition coefficient (Wildman–Crippen LogP) is 4.11. The third-order valence-electron chi connectivity index (χ3n) is 10.0. The molecule has 42 heavy (non-hydrogen) atoms. The summed E-state index contributed by atoms with van der Waals surface area (Å²) in [4.78, 5) is 42.6. The smallest absolute Gasteiger partial charge is 0.282 e. The Kier molecular flexibility index (Phi) is 7.85. The van der Waals surface area contributed by atoms with E-state index in [0.29, 0.717) is 30.1 Å². The van der Waals surface area contributed by atoms with Gasteiger partial charge in [-0.25, -0.2) is 9.97 Å². The number of nitrogens with zero attached hydrogens (tertiary/aromatic N) is 4. The van der Waals surface area contributed by atoms with E-state index < -0.39 is 18.2 Å². The zero-order chi connectivity index (χ0) is 28.6. The van der Waals surface area contributed by atoms with Gasteiger partial charge in [0.2, 0.25) is 0 Å². The lowest BCUT2D eigenvalue weighted by Crippen LogP contribution is -2.50. The second kappa shape index (κ2) is 11.9. The summed E-state index contributed by atoms with van der Waals surface area (Å²) in [6, 6.07) is 9.02. The molecule has 224 valence electrons. The highest BCUT2D eigenvalue weighted by Gasteiger charge is 2.47. The summed E-state index contributed by atoms with van der Waals surface area (Å²) in [5.41, 5.74) is 1.89. The first kappa shape index (κ1) is 27.7. The first-order chi connectivity index (χ1) is 20.6. The van der Waals surface area contributed by atoms with Crippen LogP contribution in [0.25, 0.3) is 11.0 Å². The molecule has 3 saturated heterocycles. The number of piperidine rings is 1. The van der Waals surface area contributed by atoms with E-state index >= 15 is 0 Å². The van der Waals surface area contributed by atoms with E-state index in [-0.39, 0.29) is 23.4 Å². The van der Waals surface area contributed by atoms with Gasteiger partial charge in [-0.1, -0.05) is 44.2 Å². The summed E-state index contributed by atoms with van der Waals surface area (Å²) >= 11 is 0. The van der Waals surface area contributed by atoms with Gasteiger partial charge in [0.1, 0.15) is 6.10 Å².